The van der Waals surface area contributed by atoms with E-state index in [1.807, 2.05) is 30.3 Å². The Hall–Kier alpha value is -1.16. The van der Waals surface area contributed by atoms with E-state index in [9.17, 15) is 0 Å². The zero-order chi connectivity index (χ0) is 10.5. The van der Waals surface area contributed by atoms with Gasteiger partial charge in [0, 0.05) is 5.56 Å². The molecule has 1 fully saturated rings. The molecular formula is C12H14O3. The Labute approximate surface area is 88.9 Å². The lowest BCUT2D eigenvalue weighted by molar-refractivity contribution is -0.0441. The lowest BCUT2D eigenvalue weighted by Crippen LogP contribution is -1.97. The number of rotatable bonds is 3. The number of ether oxygens (including phenoxy) is 2. The number of aliphatic hydroxyl groups excluding tert-OH is 1. The molecule has 1 aromatic rings. The summed E-state index contributed by atoms with van der Waals surface area (Å²) >= 11 is 0. The zero-order valence-corrected chi connectivity index (χ0v) is 8.43. The normalized spacial score (nSPS) is 17.7. The Kier molecular flexibility index (Phi) is 3.50. The smallest absolute Gasteiger partial charge is 0.184 e. The Morgan fingerprint density at radius 2 is 1.87 bits per heavy atom. The van der Waals surface area contributed by atoms with E-state index in [2.05, 4.69) is 0 Å². The monoisotopic (exact) mass is 206 g/mol. The quantitative estimate of drug-likeness (QED) is 0.818. The van der Waals surface area contributed by atoms with E-state index in [-0.39, 0.29) is 12.9 Å². The molecule has 1 aliphatic rings. The maximum absolute atomic E-state index is 8.63. The Balaban J connectivity index is 2.06. The molecule has 1 saturated heterocycles. The maximum atomic E-state index is 8.63. The summed E-state index contributed by atoms with van der Waals surface area (Å²) < 4.78 is 10.8. The van der Waals surface area contributed by atoms with Crippen LogP contribution in [0.2, 0.25) is 0 Å². The highest BCUT2D eigenvalue weighted by Crippen LogP contribution is 2.23. The van der Waals surface area contributed by atoms with E-state index in [1.165, 1.54) is 0 Å². The number of hydrogen-bond acceptors (Lipinski definition) is 3. The molecular weight excluding hydrogens is 192 g/mol. The van der Waals surface area contributed by atoms with Crippen molar-refractivity contribution in [2.24, 2.45) is 0 Å². The van der Waals surface area contributed by atoms with Gasteiger partial charge in [0.05, 0.1) is 19.8 Å². The number of aliphatic hydroxyl groups is 1. The number of benzene rings is 1. The van der Waals surface area contributed by atoms with E-state index in [0.29, 0.717) is 13.2 Å². The second kappa shape index (κ2) is 5.07. The van der Waals surface area contributed by atoms with Gasteiger partial charge in [0.15, 0.2) is 6.29 Å². The molecule has 0 unspecified atom stereocenters. The standard InChI is InChI=1S/C12H14O3/c13-7-1-2-10-3-5-11(6-4-10)12-14-8-9-15-12/h1-6,12-13H,7-9H2. The Morgan fingerprint density at radius 1 is 1.20 bits per heavy atom. The molecule has 0 radical (unpaired) electrons. The first-order chi connectivity index (χ1) is 7.40. The van der Waals surface area contributed by atoms with Crippen molar-refractivity contribution in [3.05, 3.63) is 41.5 Å². The highest BCUT2D eigenvalue weighted by Gasteiger charge is 2.17. The molecule has 1 heterocycles. The van der Waals surface area contributed by atoms with E-state index < -0.39 is 0 Å². The van der Waals surface area contributed by atoms with Crippen LogP contribution >= 0.6 is 0 Å². The van der Waals surface area contributed by atoms with Gasteiger partial charge in [0.25, 0.3) is 0 Å². The van der Waals surface area contributed by atoms with Crippen LogP contribution in [0.25, 0.3) is 6.08 Å². The molecule has 0 aromatic heterocycles. The van der Waals surface area contributed by atoms with Crippen LogP contribution < -0.4 is 0 Å². The fourth-order valence-electron chi connectivity index (χ4n) is 1.50. The van der Waals surface area contributed by atoms with Crippen molar-refractivity contribution >= 4 is 6.08 Å². The minimum Gasteiger partial charge on any atom is -0.392 e. The third-order valence-corrected chi connectivity index (χ3v) is 2.25. The SMILES string of the molecule is OCC=Cc1ccc(C2OCCO2)cc1. The van der Waals surface area contributed by atoms with Gasteiger partial charge in [-0.25, -0.2) is 0 Å². The molecule has 1 aromatic carbocycles. The van der Waals surface area contributed by atoms with Crippen LogP contribution in [0.3, 0.4) is 0 Å². The summed E-state index contributed by atoms with van der Waals surface area (Å²) in [4.78, 5) is 0. The van der Waals surface area contributed by atoms with Crippen molar-refractivity contribution in [3.8, 4) is 0 Å². The largest absolute Gasteiger partial charge is 0.392 e. The molecule has 0 saturated carbocycles. The Bertz CT molecular complexity index is 323. The molecule has 0 bridgehead atoms. The summed E-state index contributed by atoms with van der Waals surface area (Å²) in [6.07, 6.45) is 3.37. The van der Waals surface area contributed by atoms with Crippen molar-refractivity contribution in [2.75, 3.05) is 19.8 Å². The van der Waals surface area contributed by atoms with Crippen molar-refractivity contribution in [1.29, 1.82) is 0 Å². The van der Waals surface area contributed by atoms with E-state index in [1.54, 1.807) is 6.08 Å². The van der Waals surface area contributed by atoms with Crippen LogP contribution in [-0.2, 0) is 9.47 Å². The van der Waals surface area contributed by atoms with E-state index in [0.717, 1.165) is 11.1 Å². The molecule has 0 spiro atoms. The molecule has 0 atom stereocenters. The van der Waals surface area contributed by atoms with Crippen LogP contribution in [0.15, 0.2) is 30.3 Å². The maximum Gasteiger partial charge on any atom is 0.184 e. The topological polar surface area (TPSA) is 38.7 Å². The third kappa shape index (κ3) is 2.65. The summed E-state index contributed by atoms with van der Waals surface area (Å²) in [5, 5.41) is 8.63. The summed E-state index contributed by atoms with van der Waals surface area (Å²) in [6.45, 7) is 1.39. The third-order valence-electron chi connectivity index (χ3n) is 2.25. The van der Waals surface area contributed by atoms with E-state index >= 15 is 0 Å². The molecule has 80 valence electrons. The van der Waals surface area contributed by atoms with Crippen molar-refractivity contribution in [1.82, 2.24) is 0 Å². The van der Waals surface area contributed by atoms with Crippen molar-refractivity contribution in [3.63, 3.8) is 0 Å². The molecule has 0 aliphatic carbocycles. The van der Waals surface area contributed by atoms with Gasteiger partial charge in [-0.2, -0.15) is 0 Å². The van der Waals surface area contributed by atoms with Gasteiger partial charge in [-0.15, -0.1) is 0 Å². The lowest BCUT2D eigenvalue weighted by atomic mass is 10.1. The minimum atomic E-state index is -0.208. The Morgan fingerprint density at radius 3 is 2.47 bits per heavy atom. The zero-order valence-electron chi connectivity index (χ0n) is 8.43. The van der Waals surface area contributed by atoms with Crippen molar-refractivity contribution < 1.29 is 14.6 Å². The van der Waals surface area contributed by atoms with Gasteiger partial charge < -0.3 is 14.6 Å². The highest BCUT2D eigenvalue weighted by molar-refractivity contribution is 5.49. The molecule has 2 rings (SSSR count). The first-order valence-corrected chi connectivity index (χ1v) is 5.01. The van der Waals surface area contributed by atoms with Gasteiger partial charge >= 0.3 is 0 Å². The van der Waals surface area contributed by atoms with Crippen LogP contribution in [0.1, 0.15) is 17.4 Å². The summed E-state index contributed by atoms with van der Waals surface area (Å²) in [6, 6.07) is 7.92. The van der Waals surface area contributed by atoms with Gasteiger partial charge in [0.2, 0.25) is 0 Å². The van der Waals surface area contributed by atoms with Gasteiger partial charge in [-0.1, -0.05) is 36.4 Å². The summed E-state index contributed by atoms with van der Waals surface area (Å²) in [5.74, 6) is 0. The second-order valence-corrected chi connectivity index (χ2v) is 3.33. The average molecular weight is 206 g/mol. The first-order valence-electron chi connectivity index (χ1n) is 5.01. The molecule has 1 N–H and O–H groups in total. The van der Waals surface area contributed by atoms with Crippen molar-refractivity contribution in [2.45, 2.75) is 6.29 Å². The van der Waals surface area contributed by atoms with Crippen LogP contribution in [-0.4, -0.2) is 24.9 Å². The summed E-state index contributed by atoms with van der Waals surface area (Å²) in [7, 11) is 0. The highest BCUT2D eigenvalue weighted by atomic mass is 16.7. The van der Waals surface area contributed by atoms with Gasteiger partial charge in [0.1, 0.15) is 0 Å². The van der Waals surface area contributed by atoms with E-state index in [4.69, 9.17) is 14.6 Å². The molecule has 3 heteroatoms. The van der Waals surface area contributed by atoms with Crippen LogP contribution in [0.5, 0.6) is 0 Å². The first kappa shape index (κ1) is 10.4. The number of hydrogen-bond donors (Lipinski definition) is 1. The predicted octanol–water partition coefficient (Wildman–Crippen LogP) is 1.74. The average Bonchev–Trinajstić information content (AvgIpc) is 2.80. The van der Waals surface area contributed by atoms with Gasteiger partial charge in [-0.3, -0.25) is 0 Å². The molecule has 1 aliphatic heterocycles. The fraction of sp³-hybridized carbons (Fsp3) is 0.333. The van der Waals surface area contributed by atoms with Gasteiger partial charge in [-0.05, 0) is 5.56 Å². The molecule has 3 nitrogen and oxygen atoms in total. The molecule has 0 amide bonds. The lowest BCUT2D eigenvalue weighted by Gasteiger charge is -2.08. The fourth-order valence-corrected chi connectivity index (χ4v) is 1.50. The van der Waals surface area contributed by atoms with Crippen LogP contribution in [0, 0.1) is 0 Å². The second-order valence-electron chi connectivity index (χ2n) is 3.33. The molecule has 15 heavy (non-hydrogen) atoms. The summed E-state index contributed by atoms with van der Waals surface area (Å²) in [5.41, 5.74) is 2.10. The minimum absolute atomic E-state index is 0.0661. The van der Waals surface area contributed by atoms with Crippen LogP contribution in [0.4, 0.5) is 0 Å². The predicted molar refractivity (Wildman–Crippen MR) is 57.2 cm³/mol.